The van der Waals surface area contributed by atoms with Gasteiger partial charge in [0.1, 0.15) is 0 Å². The Bertz CT molecular complexity index is 556. The second-order valence-corrected chi connectivity index (χ2v) is 6.50. The summed E-state index contributed by atoms with van der Waals surface area (Å²) in [7, 11) is 0. The van der Waals surface area contributed by atoms with Gasteiger partial charge in [-0.1, -0.05) is 26.8 Å². The largest absolute Gasteiger partial charge is 0.357 e. The van der Waals surface area contributed by atoms with Crippen LogP contribution in [-0.2, 0) is 12.0 Å². The third-order valence-electron chi connectivity index (χ3n) is 3.70. The van der Waals surface area contributed by atoms with Crippen LogP contribution < -0.4 is 5.32 Å². The highest BCUT2D eigenvalue weighted by atomic mass is 15.0. The molecule has 96 valence electrons. The molecule has 0 unspecified atom stereocenters. The molecule has 0 bridgehead atoms. The van der Waals surface area contributed by atoms with Gasteiger partial charge in [-0.3, -0.25) is 0 Å². The fourth-order valence-corrected chi connectivity index (χ4v) is 2.30. The van der Waals surface area contributed by atoms with E-state index in [-0.39, 0.29) is 5.41 Å². The van der Waals surface area contributed by atoms with Crippen LogP contribution in [0.1, 0.15) is 44.9 Å². The Morgan fingerprint density at radius 1 is 1.22 bits per heavy atom. The molecule has 0 atom stereocenters. The zero-order valence-corrected chi connectivity index (χ0v) is 11.5. The third-order valence-corrected chi connectivity index (χ3v) is 3.70. The molecule has 2 N–H and O–H groups in total. The van der Waals surface area contributed by atoms with E-state index in [1.807, 2.05) is 0 Å². The van der Waals surface area contributed by atoms with Gasteiger partial charge >= 0.3 is 0 Å². The lowest BCUT2D eigenvalue weighted by Crippen LogP contribution is -2.15. The van der Waals surface area contributed by atoms with E-state index in [1.165, 1.54) is 35.0 Å². The van der Waals surface area contributed by atoms with Crippen LogP contribution in [-0.4, -0.2) is 11.0 Å². The molecule has 1 aromatic heterocycles. The van der Waals surface area contributed by atoms with Crippen LogP contribution in [0, 0.1) is 0 Å². The third kappa shape index (κ3) is 2.44. The van der Waals surface area contributed by atoms with E-state index in [1.54, 1.807) is 0 Å². The number of benzene rings is 1. The Labute approximate surface area is 109 Å². The maximum Gasteiger partial charge on any atom is 0.0456 e. The minimum atomic E-state index is 0.220. The topological polar surface area (TPSA) is 27.8 Å². The molecule has 2 nitrogen and oxygen atoms in total. The van der Waals surface area contributed by atoms with Gasteiger partial charge < -0.3 is 10.3 Å². The smallest absolute Gasteiger partial charge is 0.0456 e. The number of H-pyrrole nitrogens is 1. The summed E-state index contributed by atoms with van der Waals surface area (Å²) in [6.45, 7) is 7.74. The molecule has 1 fully saturated rings. The number of fused-ring (bicyclic) bond motifs is 1. The van der Waals surface area contributed by atoms with Crippen molar-refractivity contribution in [3.63, 3.8) is 0 Å². The first-order chi connectivity index (χ1) is 8.52. The van der Waals surface area contributed by atoms with Crippen LogP contribution >= 0.6 is 0 Å². The van der Waals surface area contributed by atoms with Crippen molar-refractivity contribution >= 4 is 10.9 Å². The fraction of sp³-hybridized carbons (Fsp3) is 0.500. The lowest BCUT2D eigenvalue weighted by Gasteiger charge is -2.18. The predicted molar refractivity (Wildman–Crippen MR) is 76.9 cm³/mol. The van der Waals surface area contributed by atoms with E-state index in [2.05, 4.69) is 55.3 Å². The van der Waals surface area contributed by atoms with Crippen molar-refractivity contribution in [2.75, 3.05) is 0 Å². The minimum Gasteiger partial charge on any atom is -0.357 e. The quantitative estimate of drug-likeness (QED) is 0.843. The molecule has 2 aromatic rings. The van der Waals surface area contributed by atoms with Crippen LogP contribution in [0.4, 0.5) is 0 Å². The molecule has 0 amide bonds. The van der Waals surface area contributed by atoms with Crippen LogP contribution in [0.25, 0.3) is 10.9 Å². The summed E-state index contributed by atoms with van der Waals surface area (Å²) in [6, 6.07) is 9.79. The van der Waals surface area contributed by atoms with E-state index < -0.39 is 0 Å². The van der Waals surface area contributed by atoms with Gasteiger partial charge in [0.2, 0.25) is 0 Å². The van der Waals surface area contributed by atoms with Gasteiger partial charge in [0, 0.05) is 23.8 Å². The van der Waals surface area contributed by atoms with Crippen LogP contribution in [0.2, 0.25) is 0 Å². The molecule has 1 aliphatic carbocycles. The molecular weight excluding hydrogens is 220 g/mol. The zero-order chi connectivity index (χ0) is 12.8. The van der Waals surface area contributed by atoms with Crippen LogP contribution in [0.3, 0.4) is 0 Å². The summed E-state index contributed by atoms with van der Waals surface area (Å²) in [5.74, 6) is 0. The Morgan fingerprint density at radius 3 is 2.67 bits per heavy atom. The molecule has 0 aliphatic heterocycles. The van der Waals surface area contributed by atoms with Crippen molar-refractivity contribution in [1.82, 2.24) is 10.3 Å². The first-order valence-corrected chi connectivity index (χ1v) is 6.88. The molecule has 18 heavy (non-hydrogen) atoms. The van der Waals surface area contributed by atoms with Crippen molar-refractivity contribution in [3.8, 4) is 0 Å². The van der Waals surface area contributed by atoms with Crippen molar-refractivity contribution in [2.24, 2.45) is 0 Å². The average Bonchev–Trinajstić information content (AvgIpc) is 3.03. The van der Waals surface area contributed by atoms with Gasteiger partial charge in [-0.05, 0) is 47.4 Å². The van der Waals surface area contributed by atoms with Crippen molar-refractivity contribution in [1.29, 1.82) is 0 Å². The molecule has 0 saturated heterocycles. The molecule has 0 radical (unpaired) electrons. The second kappa shape index (κ2) is 4.13. The van der Waals surface area contributed by atoms with Crippen LogP contribution in [0.5, 0.6) is 0 Å². The predicted octanol–water partition coefficient (Wildman–Crippen LogP) is 3.72. The maximum absolute atomic E-state index is 3.55. The monoisotopic (exact) mass is 242 g/mol. The summed E-state index contributed by atoms with van der Waals surface area (Å²) in [6.07, 6.45) is 2.68. The summed E-state index contributed by atoms with van der Waals surface area (Å²) in [5.41, 5.74) is 4.16. The summed E-state index contributed by atoms with van der Waals surface area (Å²) in [5, 5.41) is 4.88. The minimum absolute atomic E-state index is 0.220. The highest BCUT2D eigenvalue weighted by molar-refractivity contribution is 5.81. The number of aromatic amines is 1. The first kappa shape index (κ1) is 11.8. The molecule has 1 aliphatic rings. The highest BCUT2D eigenvalue weighted by Gasteiger charge is 2.20. The van der Waals surface area contributed by atoms with Gasteiger partial charge in [-0.15, -0.1) is 0 Å². The Morgan fingerprint density at radius 2 is 2.00 bits per heavy atom. The van der Waals surface area contributed by atoms with Crippen molar-refractivity contribution < 1.29 is 0 Å². The highest BCUT2D eigenvalue weighted by Crippen LogP contribution is 2.26. The Kier molecular flexibility index (Phi) is 2.70. The molecule has 0 spiro atoms. The van der Waals surface area contributed by atoms with Gasteiger partial charge in [-0.25, -0.2) is 0 Å². The average molecular weight is 242 g/mol. The van der Waals surface area contributed by atoms with E-state index in [0.717, 1.165) is 12.6 Å². The number of hydrogen-bond acceptors (Lipinski definition) is 1. The molecule has 1 aromatic carbocycles. The number of aromatic nitrogens is 1. The van der Waals surface area contributed by atoms with Gasteiger partial charge in [0.15, 0.2) is 0 Å². The molecular formula is C16H22N2. The summed E-state index contributed by atoms with van der Waals surface area (Å²) >= 11 is 0. The standard InChI is InChI=1S/C16H22N2/c1-16(2,3)12-4-7-15-11(8-12)9-14(18-15)10-17-13-5-6-13/h4,7-9,13,17-18H,5-6,10H2,1-3H3. The molecule has 2 heteroatoms. The zero-order valence-electron chi connectivity index (χ0n) is 11.5. The lowest BCUT2D eigenvalue weighted by atomic mass is 9.86. The van der Waals surface area contributed by atoms with E-state index in [4.69, 9.17) is 0 Å². The number of nitrogens with one attached hydrogen (secondary N) is 2. The SMILES string of the molecule is CC(C)(C)c1ccc2[nH]c(CNC3CC3)cc2c1. The first-order valence-electron chi connectivity index (χ1n) is 6.88. The number of hydrogen-bond donors (Lipinski definition) is 2. The fourth-order valence-electron chi connectivity index (χ4n) is 2.30. The van der Waals surface area contributed by atoms with Gasteiger partial charge in [0.25, 0.3) is 0 Å². The van der Waals surface area contributed by atoms with Gasteiger partial charge in [-0.2, -0.15) is 0 Å². The maximum atomic E-state index is 3.55. The van der Waals surface area contributed by atoms with E-state index >= 15 is 0 Å². The Balaban J connectivity index is 1.86. The molecule has 3 rings (SSSR count). The van der Waals surface area contributed by atoms with Crippen LogP contribution in [0.15, 0.2) is 24.3 Å². The van der Waals surface area contributed by atoms with Crippen molar-refractivity contribution in [3.05, 3.63) is 35.5 Å². The Hall–Kier alpha value is -1.28. The normalized spacial score (nSPS) is 16.4. The second-order valence-electron chi connectivity index (χ2n) is 6.50. The van der Waals surface area contributed by atoms with Gasteiger partial charge in [0.05, 0.1) is 0 Å². The van der Waals surface area contributed by atoms with E-state index in [0.29, 0.717) is 0 Å². The lowest BCUT2D eigenvalue weighted by molar-refractivity contribution is 0.591. The summed E-state index contributed by atoms with van der Waals surface area (Å²) in [4.78, 5) is 3.49. The summed E-state index contributed by atoms with van der Waals surface area (Å²) < 4.78 is 0. The number of rotatable bonds is 3. The molecule has 1 saturated carbocycles. The van der Waals surface area contributed by atoms with E-state index in [9.17, 15) is 0 Å². The molecule has 1 heterocycles. The van der Waals surface area contributed by atoms with Crippen molar-refractivity contribution in [2.45, 2.75) is 51.6 Å².